The largest absolute Gasteiger partial charge is 0.375 e. The highest BCUT2D eigenvalue weighted by molar-refractivity contribution is 5.76. The van der Waals surface area contributed by atoms with E-state index in [1.54, 1.807) is 0 Å². The number of piperazine rings is 1. The molecule has 3 saturated heterocycles. The lowest BCUT2D eigenvalue weighted by atomic mass is 10.0. The van der Waals surface area contributed by atoms with Gasteiger partial charge in [0.05, 0.1) is 19.1 Å². The number of hydrogen-bond donors (Lipinski definition) is 1. The van der Waals surface area contributed by atoms with E-state index in [-0.39, 0.29) is 12.0 Å². The molecule has 0 radical (unpaired) electrons. The van der Waals surface area contributed by atoms with Gasteiger partial charge in [-0.3, -0.25) is 14.6 Å². The summed E-state index contributed by atoms with van der Waals surface area (Å²) >= 11 is 0. The van der Waals surface area contributed by atoms with Crippen LogP contribution in [0.5, 0.6) is 0 Å². The molecule has 0 saturated carbocycles. The van der Waals surface area contributed by atoms with Crippen LogP contribution in [0.2, 0.25) is 0 Å². The fourth-order valence-corrected chi connectivity index (χ4v) is 4.68. The van der Waals surface area contributed by atoms with E-state index in [9.17, 15) is 4.79 Å². The first kappa shape index (κ1) is 19.8. The number of nitrogens with zero attached hydrogens (tertiary/aromatic N) is 3. The topological polar surface area (TPSA) is 48.1 Å². The van der Waals surface area contributed by atoms with E-state index >= 15 is 0 Å². The van der Waals surface area contributed by atoms with Gasteiger partial charge in [0.2, 0.25) is 5.91 Å². The van der Waals surface area contributed by atoms with Gasteiger partial charge in [-0.1, -0.05) is 30.3 Å². The van der Waals surface area contributed by atoms with Gasteiger partial charge in [0.25, 0.3) is 0 Å². The van der Waals surface area contributed by atoms with Gasteiger partial charge in [0.15, 0.2) is 0 Å². The molecule has 1 N–H and O–H groups in total. The lowest BCUT2D eigenvalue weighted by molar-refractivity contribution is -0.136. The minimum atomic E-state index is 0.0525. The maximum Gasteiger partial charge on any atom is 0.225 e. The van der Waals surface area contributed by atoms with Crippen LogP contribution in [0.4, 0.5) is 0 Å². The molecule has 1 amide bonds. The highest BCUT2D eigenvalue weighted by Gasteiger charge is 2.30. The lowest BCUT2D eigenvalue weighted by Crippen LogP contribution is -2.53. The molecule has 4 rings (SSSR count). The summed E-state index contributed by atoms with van der Waals surface area (Å²) in [5, 5.41) is 3.31. The fourth-order valence-electron chi connectivity index (χ4n) is 4.68. The molecule has 6 nitrogen and oxygen atoms in total. The second kappa shape index (κ2) is 9.83. The number of hydrogen-bond acceptors (Lipinski definition) is 5. The number of likely N-dealkylation sites (tertiary alicyclic amines) is 1. The SMILES string of the molecule is O=C(CC1CNCCO1)N1CCC(N2CCN(Cc3ccccc3)CC2)CC1. The van der Waals surface area contributed by atoms with Crippen molar-refractivity contribution in [2.45, 2.75) is 38.0 Å². The summed E-state index contributed by atoms with van der Waals surface area (Å²) in [6.07, 6.45) is 2.79. The van der Waals surface area contributed by atoms with Crippen LogP contribution in [0.25, 0.3) is 0 Å². The van der Waals surface area contributed by atoms with Gasteiger partial charge in [0, 0.05) is 64.9 Å². The standard InChI is InChI=1S/C22H34N4O2/c27-22(16-21-17-23-8-15-28-21)26-9-6-20(7-10-26)25-13-11-24(12-14-25)18-19-4-2-1-3-5-19/h1-5,20-21,23H,6-18H2. The van der Waals surface area contributed by atoms with Gasteiger partial charge in [-0.25, -0.2) is 0 Å². The number of carbonyl (C=O) groups is 1. The van der Waals surface area contributed by atoms with Crippen LogP contribution in [0.15, 0.2) is 30.3 Å². The molecule has 1 unspecified atom stereocenters. The van der Waals surface area contributed by atoms with Crippen molar-refractivity contribution in [3.8, 4) is 0 Å². The quantitative estimate of drug-likeness (QED) is 0.823. The van der Waals surface area contributed by atoms with Gasteiger partial charge in [-0.15, -0.1) is 0 Å². The van der Waals surface area contributed by atoms with E-state index in [0.717, 1.165) is 78.4 Å². The third-order valence-electron chi connectivity index (χ3n) is 6.40. The maximum absolute atomic E-state index is 12.6. The summed E-state index contributed by atoms with van der Waals surface area (Å²) in [5.41, 5.74) is 1.40. The molecule has 3 aliphatic rings. The summed E-state index contributed by atoms with van der Waals surface area (Å²) < 4.78 is 5.69. The van der Waals surface area contributed by atoms with Gasteiger partial charge in [-0.2, -0.15) is 0 Å². The second-order valence-electron chi connectivity index (χ2n) is 8.31. The molecule has 0 bridgehead atoms. The Morgan fingerprint density at radius 3 is 2.46 bits per heavy atom. The van der Waals surface area contributed by atoms with Crippen molar-refractivity contribution < 1.29 is 9.53 Å². The van der Waals surface area contributed by atoms with Crippen molar-refractivity contribution in [3.63, 3.8) is 0 Å². The Kier molecular flexibility index (Phi) is 6.96. The van der Waals surface area contributed by atoms with Crippen LogP contribution in [0, 0.1) is 0 Å². The Hall–Kier alpha value is -1.47. The molecule has 0 aliphatic carbocycles. The number of amides is 1. The number of carbonyl (C=O) groups excluding carboxylic acids is 1. The third kappa shape index (κ3) is 5.32. The summed E-state index contributed by atoms with van der Waals surface area (Å²) in [6, 6.07) is 11.4. The van der Waals surface area contributed by atoms with E-state index in [4.69, 9.17) is 4.74 Å². The summed E-state index contributed by atoms with van der Waals surface area (Å²) in [7, 11) is 0. The first-order valence-electron chi connectivity index (χ1n) is 10.9. The second-order valence-corrected chi connectivity index (χ2v) is 8.31. The highest BCUT2D eigenvalue weighted by atomic mass is 16.5. The van der Waals surface area contributed by atoms with E-state index in [1.807, 2.05) is 0 Å². The molecule has 1 aromatic rings. The van der Waals surface area contributed by atoms with Gasteiger partial charge >= 0.3 is 0 Å². The van der Waals surface area contributed by atoms with Crippen LogP contribution >= 0.6 is 0 Å². The number of ether oxygens (including phenoxy) is 1. The first-order chi connectivity index (χ1) is 13.8. The third-order valence-corrected chi connectivity index (χ3v) is 6.40. The van der Waals surface area contributed by atoms with E-state index < -0.39 is 0 Å². The highest BCUT2D eigenvalue weighted by Crippen LogP contribution is 2.20. The minimum Gasteiger partial charge on any atom is -0.375 e. The van der Waals surface area contributed by atoms with Gasteiger partial charge < -0.3 is 15.0 Å². The van der Waals surface area contributed by atoms with Crippen molar-refractivity contribution >= 4 is 5.91 Å². The van der Waals surface area contributed by atoms with Crippen LogP contribution in [0.3, 0.4) is 0 Å². The van der Waals surface area contributed by atoms with Crippen LogP contribution in [-0.2, 0) is 16.1 Å². The number of benzene rings is 1. The Morgan fingerprint density at radius 2 is 1.79 bits per heavy atom. The van der Waals surface area contributed by atoms with Gasteiger partial charge in [0.1, 0.15) is 0 Å². The van der Waals surface area contributed by atoms with Crippen molar-refractivity contribution in [2.75, 3.05) is 59.0 Å². The fraction of sp³-hybridized carbons (Fsp3) is 0.682. The van der Waals surface area contributed by atoms with E-state index in [2.05, 4.69) is 50.3 Å². The molecule has 0 aromatic heterocycles. The van der Waals surface area contributed by atoms with Crippen molar-refractivity contribution in [3.05, 3.63) is 35.9 Å². The lowest BCUT2D eigenvalue weighted by Gasteiger charge is -2.43. The molecule has 1 atom stereocenters. The Morgan fingerprint density at radius 1 is 1.04 bits per heavy atom. The van der Waals surface area contributed by atoms with Crippen molar-refractivity contribution in [2.24, 2.45) is 0 Å². The molecule has 3 aliphatic heterocycles. The van der Waals surface area contributed by atoms with Crippen molar-refractivity contribution in [1.82, 2.24) is 20.0 Å². The average molecular weight is 387 g/mol. The van der Waals surface area contributed by atoms with Crippen LogP contribution in [-0.4, -0.2) is 91.7 Å². The Labute approximate surface area is 168 Å². The normalized spacial score (nSPS) is 25.7. The number of morpholine rings is 1. The number of rotatable bonds is 5. The molecule has 3 fully saturated rings. The van der Waals surface area contributed by atoms with E-state index in [0.29, 0.717) is 12.5 Å². The predicted molar refractivity (Wildman–Crippen MR) is 110 cm³/mol. The Bertz CT molecular complexity index is 604. The molecule has 1 aromatic carbocycles. The number of nitrogens with one attached hydrogen (secondary N) is 1. The summed E-state index contributed by atoms with van der Waals surface area (Å²) in [5.74, 6) is 0.264. The van der Waals surface area contributed by atoms with Gasteiger partial charge in [-0.05, 0) is 18.4 Å². The molecule has 0 spiro atoms. The zero-order chi connectivity index (χ0) is 19.2. The summed E-state index contributed by atoms with van der Waals surface area (Å²) in [6.45, 7) is 9.84. The van der Waals surface area contributed by atoms with E-state index in [1.165, 1.54) is 5.56 Å². The predicted octanol–water partition coefficient (Wildman–Crippen LogP) is 1.17. The Balaban J connectivity index is 1.17. The minimum absolute atomic E-state index is 0.0525. The summed E-state index contributed by atoms with van der Waals surface area (Å²) in [4.78, 5) is 19.8. The molecule has 154 valence electrons. The molecular weight excluding hydrogens is 352 g/mol. The monoisotopic (exact) mass is 386 g/mol. The molecule has 3 heterocycles. The van der Waals surface area contributed by atoms with Crippen LogP contribution in [0.1, 0.15) is 24.8 Å². The maximum atomic E-state index is 12.6. The van der Waals surface area contributed by atoms with Crippen molar-refractivity contribution in [1.29, 1.82) is 0 Å². The molecule has 6 heteroatoms. The zero-order valence-corrected chi connectivity index (χ0v) is 16.9. The zero-order valence-electron chi connectivity index (χ0n) is 16.9. The average Bonchev–Trinajstić information content (AvgIpc) is 2.76. The molecule has 28 heavy (non-hydrogen) atoms. The van der Waals surface area contributed by atoms with Crippen LogP contribution < -0.4 is 5.32 Å². The first-order valence-corrected chi connectivity index (χ1v) is 10.9. The number of piperidine rings is 1. The molecular formula is C22H34N4O2. The smallest absolute Gasteiger partial charge is 0.225 e.